The first-order chi connectivity index (χ1) is 13.0. The second kappa shape index (κ2) is 10.1. The van der Waals surface area contributed by atoms with Crippen molar-refractivity contribution in [1.82, 2.24) is 4.90 Å². The van der Waals surface area contributed by atoms with Gasteiger partial charge in [-0.2, -0.15) is 0 Å². The van der Waals surface area contributed by atoms with Gasteiger partial charge in [-0.3, -0.25) is 9.69 Å². The number of nitrogens with zero attached hydrogens (tertiary/aromatic N) is 1. The number of carboxylic acids is 1. The van der Waals surface area contributed by atoms with Gasteiger partial charge in [0.2, 0.25) is 0 Å². The standard InChI is InChI=1S/C23H25NO3.ClH/c1-17(24(2)15-23(25)26)13-18-8-11-22(12-9-18)27-16-19-7-10-20-5-3-4-6-21(20)14-19;/h3-12,14,17H,13,15-16H2,1-2H3,(H,25,26);1H. The topological polar surface area (TPSA) is 49.8 Å². The molecule has 0 saturated carbocycles. The summed E-state index contributed by atoms with van der Waals surface area (Å²) in [6.45, 7) is 2.61. The zero-order valence-corrected chi connectivity index (χ0v) is 17.0. The van der Waals surface area contributed by atoms with Gasteiger partial charge in [0.05, 0.1) is 6.54 Å². The fourth-order valence-electron chi connectivity index (χ4n) is 3.08. The van der Waals surface area contributed by atoms with Gasteiger partial charge in [0.1, 0.15) is 12.4 Å². The molecule has 4 nitrogen and oxygen atoms in total. The van der Waals surface area contributed by atoms with E-state index < -0.39 is 5.97 Å². The molecule has 0 aliphatic carbocycles. The van der Waals surface area contributed by atoms with Gasteiger partial charge in [0, 0.05) is 6.04 Å². The Kier molecular flexibility index (Phi) is 7.85. The maximum atomic E-state index is 10.8. The number of ether oxygens (including phenoxy) is 1. The molecule has 0 radical (unpaired) electrons. The smallest absolute Gasteiger partial charge is 0.317 e. The van der Waals surface area contributed by atoms with Crippen molar-refractivity contribution in [1.29, 1.82) is 0 Å². The monoisotopic (exact) mass is 399 g/mol. The Morgan fingerprint density at radius 2 is 1.64 bits per heavy atom. The third kappa shape index (κ3) is 5.98. The van der Waals surface area contributed by atoms with Gasteiger partial charge in [-0.25, -0.2) is 0 Å². The van der Waals surface area contributed by atoms with Crippen molar-refractivity contribution in [3.8, 4) is 5.75 Å². The number of hydrogen-bond donors (Lipinski definition) is 1. The zero-order chi connectivity index (χ0) is 19.2. The molecule has 0 aliphatic rings. The van der Waals surface area contributed by atoms with E-state index in [1.54, 1.807) is 0 Å². The summed E-state index contributed by atoms with van der Waals surface area (Å²) in [5.74, 6) is 0.0280. The predicted octanol–water partition coefficient (Wildman–Crippen LogP) is 4.79. The Hall–Kier alpha value is -2.56. The highest BCUT2D eigenvalue weighted by Crippen LogP contribution is 2.19. The van der Waals surface area contributed by atoms with E-state index in [9.17, 15) is 4.79 Å². The third-order valence-corrected chi connectivity index (χ3v) is 4.81. The van der Waals surface area contributed by atoms with Crippen LogP contribution in [0, 0.1) is 0 Å². The van der Waals surface area contributed by atoms with Crippen molar-refractivity contribution in [3.05, 3.63) is 77.9 Å². The van der Waals surface area contributed by atoms with Crippen LogP contribution in [0.25, 0.3) is 10.8 Å². The minimum absolute atomic E-state index is 0. The molecule has 28 heavy (non-hydrogen) atoms. The summed E-state index contributed by atoms with van der Waals surface area (Å²) in [7, 11) is 1.83. The van der Waals surface area contributed by atoms with Crippen molar-refractivity contribution in [2.75, 3.05) is 13.6 Å². The summed E-state index contributed by atoms with van der Waals surface area (Å²) >= 11 is 0. The van der Waals surface area contributed by atoms with Crippen molar-refractivity contribution in [2.24, 2.45) is 0 Å². The van der Waals surface area contributed by atoms with Crippen molar-refractivity contribution in [3.63, 3.8) is 0 Å². The number of rotatable bonds is 8. The second-order valence-corrected chi connectivity index (χ2v) is 6.98. The molecule has 0 aliphatic heterocycles. The summed E-state index contributed by atoms with van der Waals surface area (Å²) in [6, 6.07) is 22.9. The number of aliphatic carboxylic acids is 1. The number of carbonyl (C=O) groups is 1. The van der Waals surface area contributed by atoms with Gasteiger partial charge < -0.3 is 9.84 Å². The Morgan fingerprint density at radius 1 is 1.00 bits per heavy atom. The molecule has 0 spiro atoms. The predicted molar refractivity (Wildman–Crippen MR) is 115 cm³/mol. The lowest BCUT2D eigenvalue weighted by Gasteiger charge is -2.22. The van der Waals surface area contributed by atoms with Crippen LogP contribution in [0.3, 0.4) is 0 Å². The molecule has 0 bridgehead atoms. The molecule has 148 valence electrons. The van der Waals surface area contributed by atoms with Crippen LogP contribution in [0.4, 0.5) is 0 Å². The summed E-state index contributed by atoms with van der Waals surface area (Å²) in [4.78, 5) is 12.7. The highest BCUT2D eigenvalue weighted by atomic mass is 35.5. The molecule has 5 heteroatoms. The number of carboxylic acid groups (broad SMARTS) is 1. The van der Waals surface area contributed by atoms with Crippen LogP contribution >= 0.6 is 12.4 Å². The van der Waals surface area contributed by atoms with E-state index in [4.69, 9.17) is 9.84 Å². The van der Waals surface area contributed by atoms with Crippen LogP contribution in [-0.2, 0) is 17.8 Å². The zero-order valence-electron chi connectivity index (χ0n) is 16.2. The molecule has 0 saturated heterocycles. The lowest BCUT2D eigenvalue weighted by atomic mass is 10.1. The number of hydrogen-bond acceptors (Lipinski definition) is 3. The van der Waals surface area contributed by atoms with Crippen LogP contribution in [0.15, 0.2) is 66.7 Å². The summed E-state index contributed by atoms with van der Waals surface area (Å²) in [6.07, 6.45) is 0.800. The molecule has 1 unspecified atom stereocenters. The molecule has 0 amide bonds. The number of likely N-dealkylation sites (N-methyl/N-ethyl adjacent to an activating group) is 1. The Labute approximate surface area is 172 Å². The lowest BCUT2D eigenvalue weighted by molar-refractivity contribution is -0.138. The SMILES string of the molecule is CC(Cc1ccc(OCc2ccc3ccccc3c2)cc1)N(C)CC(=O)O.Cl. The first kappa shape index (κ1) is 21.7. The van der Waals surface area contributed by atoms with Crippen LogP contribution in [0.1, 0.15) is 18.1 Å². The van der Waals surface area contributed by atoms with Crippen molar-refractivity contribution < 1.29 is 14.6 Å². The first-order valence-corrected chi connectivity index (χ1v) is 9.13. The van der Waals surface area contributed by atoms with Gasteiger partial charge in [0.15, 0.2) is 0 Å². The van der Waals surface area contributed by atoms with Crippen LogP contribution in [0.5, 0.6) is 5.75 Å². The summed E-state index contributed by atoms with van der Waals surface area (Å²) in [5, 5.41) is 11.3. The maximum absolute atomic E-state index is 10.8. The van der Waals surface area contributed by atoms with Gasteiger partial charge in [-0.05, 0) is 60.5 Å². The maximum Gasteiger partial charge on any atom is 0.317 e. The van der Waals surface area contributed by atoms with Crippen LogP contribution < -0.4 is 4.74 Å². The first-order valence-electron chi connectivity index (χ1n) is 9.13. The van der Waals surface area contributed by atoms with E-state index >= 15 is 0 Å². The van der Waals surface area contributed by atoms with E-state index in [1.165, 1.54) is 10.8 Å². The second-order valence-electron chi connectivity index (χ2n) is 6.98. The van der Waals surface area contributed by atoms with Gasteiger partial charge in [-0.1, -0.05) is 48.5 Å². The highest BCUT2D eigenvalue weighted by molar-refractivity contribution is 5.85. The molecule has 0 heterocycles. The lowest BCUT2D eigenvalue weighted by Crippen LogP contribution is -2.35. The molecule has 3 aromatic carbocycles. The third-order valence-electron chi connectivity index (χ3n) is 4.81. The fourth-order valence-corrected chi connectivity index (χ4v) is 3.08. The minimum Gasteiger partial charge on any atom is -0.489 e. The van der Waals surface area contributed by atoms with Crippen LogP contribution in [-0.4, -0.2) is 35.6 Å². The molecule has 3 aromatic rings. The summed E-state index contributed by atoms with van der Waals surface area (Å²) < 4.78 is 5.91. The number of benzene rings is 3. The van der Waals surface area contributed by atoms with Gasteiger partial charge >= 0.3 is 5.97 Å². The molecular weight excluding hydrogens is 374 g/mol. The highest BCUT2D eigenvalue weighted by Gasteiger charge is 2.12. The Balaban J connectivity index is 0.00000280. The summed E-state index contributed by atoms with van der Waals surface area (Å²) in [5.41, 5.74) is 2.31. The average Bonchev–Trinajstić information content (AvgIpc) is 2.66. The van der Waals surface area contributed by atoms with E-state index in [0.29, 0.717) is 6.61 Å². The Bertz CT molecular complexity index is 911. The Morgan fingerprint density at radius 3 is 2.32 bits per heavy atom. The normalized spacial score (nSPS) is 11.8. The van der Waals surface area contributed by atoms with Crippen LogP contribution in [0.2, 0.25) is 0 Å². The van der Waals surface area contributed by atoms with E-state index in [-0.39, 0.29) is 25.0 Å². The minimum atomic E-state index is -0.804. The van der Waals surface area contributed by atoms with Gasteiger partial charge in [-0.15, -0.1) is 12.4 Å². The van der Waals surface area contributed by atoms with Gasteiger partial charge in [0.25, 0.3) is 0 Å². The molecule has 3 rings (SSSR count). The number of fused-ring (bicyclic) bond motifs is 1. The largest absolute Gasteiger partial charge is 0.489 e. The van der Waals surface area contributed by atoms with E-state index in [1.807, 2.05) is 55.3 Å². The number of halogens is 1. The molecule has 0 aromatic heterocycles. The molecule has 1 N–H and O–H groups in total. The van der Waals surface area contributed by atoms with E-state index in [0.717, 1.165) is 23.3 Å². The van der Waals surface area contributed by atoms with E-state index in [2.05, 4.69) is 30.3 Å². The average molecular weight is 400 g/mol. The van der Waals surface area contributed by atoms with Crippen molar-refractivity contribution >= 4 is 29.1 Å². The van der Waals surface area contributed by atoms with Crippen molar-refractivity contribution in [2.45, 2.75) is 26.0 Å². The quantitative estimate of drug-likeness (QED) is 0.591. The molecule has 0 fully saturated rings. The molecular formula is C23H26ClNO3. The molecule has 1 atom stereocenters. The fraction of sp³-hybridized carbons (Fsp3) is 0.261.